The number of carbonyl (C=O) groups excluding carboxylic acids is 1. The summed E-state index contributed by atoms with van der Waals surface area (Å²) in [6.45, 7) is 6.59. The minimum absolute atomic E-state index is 0.0592. The van der Waals surface area contributed by atoms with Crippen molar-refractivity contribution in [3.63, 3.8) is 0 Å². The quantitative estimate of drug-likeness (QED) is 0.641. The maximum atomic E-state index is 13.0. The number of ether oxygens (including phenoxy) is 2. The predicted octanol–water partition coefficient (Wildman–Crippen LogP) is 3.36. The third-order valence-corrected chi connectivity index (χ3v) is 5.58. The number of rotatable bonds is 5. The van der Waals surface area contributed by atoms with Gasteiger partial charge in [0, 0.05) is 42.5 Å². The van der Waals surface area contributed by atoms with Gasteiger partial charge in [-0.05, 0) is 37.6 Å². The number of nitrogens with one attached hydrogen (secondary N) is 1. The van der Waals surface area contributed by atoms with Gasteiger partial charge in [-0.3, -0.25) is 9.59 Å². The highest BCUT2D eigenvalue weighted by atomic mass is 16.5. The van der Waals surface area contributed by atoms with Gasteiger partial charge in [-0.25, -0.2) is 0 Å². The predicted molar refractivity (Wildman–Crippen MR) is 121 cm³/mol. The van der Waals surface area contributed by atoms with Crippen molar-refractivity contribution in [3.05, 3.63) is 64.2 Å². The first-order valence-electron chi connectivity index (χ1n) is 10.4. The molecule has 2 aromatic heterocycles. The molecule has 0 spiro atoms. The number of fused-ring (bicyclic) bond motifs is 1. The van der Waals surface area contributed by atoms with Crippen LogP contribution in [0.1, 0.15) is 23.0 Å². The van der Waals surface area contributed by atoms with Gasteiger partial charge in [-0.15, -0.1) is 0 Å². The van der Waals surface area contributed by atoms with Gasteiger partial charge in [0.25, 0.3) is 11.5 Å². The van der Waals surface area contributed by atoms with Crippen LogP contribution in [0.5, 0.6) is 5.75 Å². The number of aryl methyl sites for hydroxylation is 1. The fourth-order valence-corrected chi connectivity index (χ4v) is 3.95. The van der Waals surface area contributed by atoms with Gasteiger partial charge >= 0.3 is 0 Å². The smallest absolute Gasteiger partial charge is 0.275 e. The van der Waals surface area contributed by atoms with Crippen LogP contribution < -0.4 is 10.3 Å². The van der Waals surface area contributed by atoms with E-state index in [1.54, 1.807) is 22.6 Å². The maximum absolute atomic E-state index is 13.0. The highest BCUT2D eigenvalue weighted by Gasteiger charge is 2.22. The van der Waals surface area contributed by atoms with Gasteiger partial charge < -0.3 is 23.9 Å². The molecule has 1 saturated heterocycles. The fourth-order valence-electron chi connectivity index (χ4n) is 3.95. The number of allylic oxidation sites excluding steroid dienone is 2. The summed E-state index contributed by atoms with van der Waals surface area (Å²) in [7, 11) is 1.57. The number of benzene rings is 1. The topological polar surface area (TPSA) is 76.6 Å². The maximum Gasteiger partial charge on any atom is 0.275 e. The van der Waals surface area contributed by atoms with Crippen LogP contribution in [0.4, 0.5) is 0 Å². The van der Waals surface area contributed by atoms with Crippen LogP contribution in [-0.4, -0.2) is 53.8 Å². The lowest BCUT2D eigenvalue weighted by atomic mass is 10.0. The van der Waals surface area contributed by atoms with Gasteiger partial charge in [-0.1, -0.05) is 18.2 Å². The summed E-state index contributed by atoms with van der Waals surface area (Å²) >= 11 is 0. The molecule has 1 aromatic carbocycles. The molecule has 0 saturated carbocycles. The minimum atomic E-state index is -0.0626. The zero-order valence-corrected chi connectivity index (χ0v) is 18.1. The second-order valence-electron chi connectivity index (χ2n) is 7.63. The molecule has 1 fully saturated rings. The highest BCUT2D eigenvalue weighted by molar-refractivity contribution is 5.99. The van der Waals surface area contributed by atoms with Crippen LogP contribution >= 0.6 is 0 Å². The van der Waals surface area contributed by atoms with E-state index >= 15 is 0 Å². The van der Waals surface area contributed by atoms with Crippen molar-refractivity contribution in [2.24, 2.45) is 0 Å². The molecule has 1 N–H and O–H groups in total. The number of aromatic amines is 1. The van der Waals surface area contributed by atoms with E-state index in [0.29, 0.717) is 49.7 Å². The Morgan fingerprint density at radius 3 is 2.74 bits per heavy atom. The second kappa shape index (κ2) is 8.81. The molecule has 0 radical (unpaired) electrons. The average Bonchev–Trinajstić information content (AvgIpc) is 3.20. The SMILES string of the molecule is C/C=C/Cn1cc(-c2ccc(C(=O)N3CCOCC3)c(OC)c2)c2cc(C)[nH]c2c1=O. The second-order valence-corrected chi connectivity index (χ2v) is 7.63. The van der Waals surface area contributed by atoms with Crippen molar-refractivity contribution in [1.82, 2.24) is 14.5 Å². The zero-order chi connectivity index (χ0) is 22.0. The van der Waals surface area contributed by atoms with Crippen molar-refractivity contribution in [2.75, 3.05) is 33.4 Å². The number of H-pyrrole nitrogens is 1. The summed E-state index contributed by atoms with van der Waals surface area (Å²) in [5, 5.41) is 0.855. The molecular weight excluding hydrogens is 394 g/mol. The Morgan fingerprint density at radius 1 is 1.26 bits per heavy atom. The van der Waals surface area contributed by atoms with Crippen LogP contribution in [0.3, 0.4) is 0 Å². The largest absolute Gasteiger partial charge is 0.496 e. The van der Waals surface area contributed by atoms with E-state index in [9.17, 15) is 9.59 Å². The summed E-state index contributed by atoms with van der Waals surface area (Å²) in [5.41, 5.74) is 3.75. The molecule has 7 heteroatoms. The molecule has 0 atom stereocenters. The molecule has 0 aliphatic carbocycles. The molecule has 162 valence electrons. The Labute approximate surface area is 180 Å². The minimum Gasteiger partial charge on any atom is -0.496 e. The molecule has 4 rings (SSSR count). The standard InChI is InChI=1S/C24H27N3O4/c1-4-5-8-27-15-20(19-13-16(2)25-22(19)24(27)29)17-6-7-18(21(14-17)30-3)23(28)26-9-11-31-12-10-26/h4-7,13-15,25H,8-12H2,1-3H3/b5-4+. The number of hydrogen-bond acceptors (Lipinski definition) is 4. The van der Waals surface area contributed by atoms with E-state index in [2.05, 4.69) is 4.98 Å². The number of hydrogen-bond donors (Lipinski definition) is 1. The molecule has 0 unspecified atom stereocenters. The lowest BCUT2D eigenvalue weighted by Crippen LogP contribution is -2.40. The number of aromatic nitrogens is 2. The summed E-state index contributed by atoms with van der Waals surface area (Å²) < 4.78 is 12.6. The van der Waals surface area contributed by atoms with Crippen molar-refractivity contribution in [3.8, 4) is 16.9 Å². The molecule has 3 heterocycles. The molecule has 7 nitrogen and oxygen atoms in total. The Bertz CT molecular complexity index is 1200. The molecule has 0 bridgehead atoms. The summed E-state index contributed by atoms with van der Waals surface area (Å²) in [6, 6.07) is 7.57. The Hall–Kier alpha value is -3.32. The number of nitrogens with zero attached hydrogens (tertiary/aromatic N) is 2. The Morgan fingerprint density at radius 2 is 2.03 bits per heavy atom. The fraction of sp³-hybridized carbons (Fsp3) is 0.333. The number of pyridine rings is 1. The van der Waals surface area contributed by atoms with Crippen LogP contribution in [0.15, 0.2) is 47.4 Å². The molecule has 1 aliphatic rings. The molecule has 31 heavy (non-hydrogen) atoms. The van der Waals surface area contributed by atoms with Crippen molar-refractivity contribution >= 4 is 16.8 Å². The van der Waals surface area contributed by atoms with Crippen LogP contribution in [0, 0.1) is 6.92 Å². The lowest BCUT2D eigenvalue weighted by molar-refractivity contribution is 0.0301. The van der Waals surface area contributed by atoms with Crippen LogP contribution in [0.25, 0.3) is 22.0 Å². The normalized spacial score (nSPS) is 14.5. The van der Waals surface area contributed by atoms with E-state index in [1.165, 1.54) is 0 Å². The van der Waals surface area contributed by atoms with E-state index in [-0.39, 0.29) is 11.5 Å². The van der Waals surface area contributed by atoms with E-state index in [1.807, 2.05) is 50.4 Å². The van der Waals surface area contributed by atoms with Gasteiger partial charge in [0.2, 0.25) is 0 Å². The Kier molecular flexibility index (Phi) is 5.95. The lowest BCUT2D eigenvalue weighted by Gasteiger charge is -2.27. The number of carbonyl (C=O) groups is 1. The molecule has 1 aliphatic heterocycles. The van der Waals surface area contributed by atoms with Crippen LogP contribution in [-0.2, 0) is 11.3 Å². The van der Waals surface area contributed by atoms with Gasteiger partial charge in [-0.2, -0.15) is 0 Å². The first-order chi connectivity index (χ1) is 15.0. The summed E-state index contributed by atoms with van der Waals surface area (Å²) in [5.74, 6) is 0.452. The van der Waals surface area contributed by atoms with E-state index in [0.717, 1.165) is 22.2 Å². The first-order valence-corrected chi connectivity index (χ1v) is 10.4. The summed E-state index contributed by atoms with van der Waals surface area (Å²) in [6.07, 6.45) is 5.74. The van der Waals surface area contributed by atoms with E-state index in [4.69, 9.17) is 9.47 Å². The monoisotopic (exact) mass is 421 g/mol. The Balaban J connectivity index is 1.81. The average molecular weight is 421 g/mol. The van der Waals surface area contributed by atoms with E-state index < -0.39 is 0 Å². The van der Waals surface area contributed by atoms with Crippen molar-refractivity contribution < 1.29 is 14.3 Å². The third kappa shape index (κ3) is 4.01. The molecule has 3 aromatic rings. The van der Waals surface area contributed by atoms with Gasteiger partial charge in [0.15, 0.2) is 0 Å². The molecule has 1 amide bonds. The number of methoxy groups -OCH3 is 1. The third-order valence-electron chi connectivity index (χ3n) is 5.58. The zero-order valence-electron chi connectivity index (χ0n) is 18.1. The van der Waals surface area contributed by atoms with Gasteiger partial charge in [0.05, 0.1) is 25.9 Å². The number of morpholine rings is 1. The van der Waals surface area contributed by atoms with Crippen LogP contribution in [0.2, 0.25) is 0 Å². The highest BCUT2D eigenvalue weighted by Crippen LogP contribution is 2.32. The van der Waals surface area contributed by atoms with Crippen molar-refractivity contribution in [2.45, 2.75) is 20.4 Å². The molecular formula is C24H27N3O4. The van der Waals surface area contributed by atoms with Crippen molar-refractivity contribution in [1.29, 1.82) is 0 Å². The summed E-state index contributed by atoms with van der Waals surface area (Å²) in [4.78, 5) is 30.9. The first kappa shape index (κ1) is 20.9. The number of amides is 1. The van der Waals surface area contributed by atoms with Gasteiger partial charge in [0.1, 0.15) is 11.3 Å².